The Bertz CT molecular complexity index is 1820. The molecule has 0 fully saturated rings. The fourth-order valence-corrected chi connectivity index (χ4v) is 6.81. The topological polar surface area (TPSA) is 63.8 Å². The zero-order valence-electron chi connectivity index (χ0n) is 22.4. The van der Waals surface area contributed by atoms with Crippen LogP contribution < -0.4 is 10.3 Å². The normalized spacial score (nSPS) is 15.4. The van der Waals surface area contributed by atoms with E-state index >= 15 is 4.39 Å². The van der Waals surface area contributed by atoms with Crippen molar-refractivity contribution in [2.45, 2.75) is 37.0 Å². The summed E-state index contributed by atoms with van der Waals surface area (Å²) in [6.45, 7) is 1.40. The number of hydrogen-bond donors (Lipinski definition) is 1. The van der Waals surface area contributed by atoms with Gasteiger partial charge in [0.15, 0.2) is 0 Å². The standard InChI is InChI=1S/C30H20ClF7N2O3S/c1-15-18(13-19-21(29(33,34)35)8-5-9-23(19)32)28-40(24(14-44-28)26(39-42)16-6-3-2-4-7-16)27(41)25(15)20-12-17(10-11-22(20)31)43-30(36,37)38/h2-12,24,42H,13-14H2,1H3. The van der Waals surface area contributed by atoms with Crippen molar-refractivity contribution in [1.29, 1.82) is 0 Å². The van der Waals surface area contributed by atoms with Crippen LogP contribution in [0.25, 0.3) is 11.1 Å². The molecule has 1 atom stereocenters. The number of pyridine rings is 1. The maximum atomic E-state index is 15.0. The highest BCUT2D eigenvalue weighted by Gasteiger charge is 2.38. The quantitative estimate of drug-likeness (QED) is 0.0977. The van der Waals surface area contributed by atoms with E-state index in [0.717, 1.165) is 48.2 Å². The average Bonchev–Trinajstić information content (AvgIpc) is 3.38. The van der Waals surface area contributed by atoms with Crippen molar-refractivity contribution in [2.75, 3.05) is 5.75 Å². The summed E-state index contributed by atoms with van der Waals surface area (Å²) in [5.41, 5.74) is -2.38. The summed E-state index contributed by atoms with van der Waals surface area (Å²) in [5, 5.41) is 13.5. The van der Waals surface area contributed by atoms with E-state index in [1.54, 1.807) is 30.3 Å². The predicted molar refractivity (Wildman–Crippen MR) is 151 cm³/mol. The minimum atomic E-state index is -5.07. The Kier molecular flexibility index (Phi) is 8.47. The van der Waals surface area contributed by atoms with E-state index in [9.17, 15) is 36.3 Å². The summed E-state index contributed by atoms with van der Waals surface area (Å²) >= 11 is 7.47. The summed E-state index contributed by atoms with van der Waals surface area (Å²) in [5.74, 6) is -1.72. The number of rotatable bonds is 6. The van der Waals surface area contributed by atoms with Gasteiger partial charge in [-0.15, -0.1) is 24.9 Å². The minimum Gasteiger partial charge on any atom is -0.411 e. The zero-order valence-corrected chi connectivity index (χ0v) is 24.0. The van der Waals surface area contributed by atoms with E-state index in [4.69, 9.17) is 11.6 Å². The molecule has 2 heterocycles. The molecule has 0 spiro atoms. The molecular weight excluding hydrogens is 637 g/mol. The van der Waals surface area contributed by atoms with Crippen LogP contribution in [0.15, 0.2) is 81.7 Å². The van der Waals surface area contributed by atoms with E-state index in [2.05, 4.69) is 9.89 Å². The van der Waals surface area contributed by atoms with Gasteiger partial charge in [-0.3, -0.25) is 9.36 Å². The number of alkyl halides is 6. The summed E-state index contributed by atoms with van der Waals surface area (Å²) in [4.78, 5) is 14.2. The van der Waals surface area contributed by atoms with Crippen molar-refractivity contribution < 1.29 is 40.7 Å². The lowest BCUT2D eigenvalue weighted by molar-refractivity contribution is -0.274. The third-order valence-electron chi connectivity index (χ3n) is 7.14. The fourth-order valence-electron chi connectivity index (χ4n) is 5.23. The molecule has 1 aliphatic heterocycles. The molecule has 0 aliphatic carbocycles. The Morgan fingerprint density at radius 2 is 1.75 bits per heavy atom. The molecular formula is C30H20ClF7N2O3S. The summed E-state index contributed by atoms with van der Waals surface area (Å²) in [6.07, 6.45) is -10.6. The van der Waals surface area contributed by atoms with Crippen LogP contribution in [0.1, 0.15) is 33.9 Å². The maximum Gasteiger partial charge on any atom is 0.573 e. The molecule has 1 aromatic heterocycles. The molecule has 5 nitrogen and oxygen atoms in total. The molecule has 230 valence electrons. The molecule has 0 saturated carbocycles. The first-order valence-electron chi connectivity index (χ1n) is 12.8. The summed E-state index contributed by atoms with van der Waals surface area (Å²) < 4.78 is 101. The van der Waals surface area contributed by atoms with Crippen molar-refractivity contribution in [3.8, 4) is 16.9 Å². The van der Waals surface area contributed by atoms with Gasteiger partial charge in [-0.1, -0.05) is 53.2 Å². The van der Waals surface area contributed by atoms with E-state index in [-0.39, 0.29) is 43.8 Å². The van der Waals surface area contributed by atoms with Crippen LogP contribution in [-0.2, 0) is 12.6 Å². The Morgan fingerprint density at radius 1 is 1.05 bits per heavy atom. The smallest absolute Gasteiger partial charge is 0.411 e. The molecule has 3 aromatic carbocycles. The van der Waals surface area contributed by atoms with E-state index < -0.39 is 53.3 Å². The molecule has 1 unspecified atom stereocenters. The van der Waals surface area contributed by atoms with Crippen LogP contribution in [0.5, 0.6) is 5.75 Å². The molecule has 0 bridgehead atoms. The second-order valence-electron chi connectivity index (χ2n) is 9.77. The van der Waals surface area contributed by atoms with E-state index in [1.807, 2.05) is 0 Å². The van der Waals surface area contributed by atoms with Crippen LogP contribution in [0.2, 0.25) is 5.02 Å². The fraction of sp³-hybridized carbons (Fsp3) is 0.200. The van der Waals surface area contributed by atoms with Gasteiger partial charge in [-0.05, 0) is 48.4 Å². The molecule has 1 aliphatic rings. The molecule has 14 heteroatoms. The molecule has 0 amide bonds. The Hall–Kier alpha value is -3.97. The molecule has 0 saturated heterocycles. The van der Waals surface area contributed by atoms with E-state index in [1.165, 1.54) is 11.5 Å². The van der Waals surface area contributed by atoms with Gasteiger partial charge in [-0.25, -0.2) is 4.39 Å². The summed E-state index contributed by atoms with van der Waals surface area (Å²) in [6, 6.07) is 12.8. The van der Waals surface area contributed by atoms with Gasteiger partial charge >= 0.3 is 12.5 Å². The molecule has 1 N–H and O–H groups in total. The van der Waals surface area contributed by atoms with Crippen LogP contribution in [0, 0.1) is 12.7 Å². The average molecular weight is 657 g/mol. The number of benzene rings is 3. The molecule has 0 radical (unpaired) electrons. The van der Waals surface area contributed by atoms with Crippen LogP contribution >= 0.6 is 23.4 Å². The third-order valence-corrected chi connectivity index (χ3v) is 8.67. The highest BCUT2D eigenvalue weighted by atomic mass is 35.5. The third kappa shape index (κ3) is 6.03. The first kappa shape index (κ1) is 31.5. The number of hydrogen-bond acceptors (Lipinski definition) is 5. The number of nitrogens with zero attached hydrogens (tertiary/aromatic N) is 2. The first-order valence-corrected chi connectivity index (χ1v) is 14.2. The van der Waals surface area contributed by atoms with Gasteiger partial charge in [0, 0.05) is 33.9 Å². The maximum absolute atomic E-state index is 15.0. The van der Waals surface area contributed by atoms with Crippen molar-refractivity contribution in [3.63, 3.8) is 0 Å². The lowest BCUT2D eigenvalue weighted by Gasteiger charge is -2.22. The molecule has 4 aromatic rings. The highest BCUT2D eigenvalue weighted by Crippen LogP contribution is 2.44. The van der Waals surface area contributed by atoms with Crippen molar-refractivity contribution >= 4 is 29.1 Å². The second-order valence-corrected chi connectivity index (χ2v) is 11.2. The van der Waals surface area contributed by atoms with Crippen LogP contribution in [-0.4, -0.2) is 27.6 Å². The van der Waals surface area contributed by atoms with Crippen molar-refractivity contribution in [2.24, 2.45) is 5.16 Å². The van der Waals surface area contributed by atoms with Crippen molar-refractivity contribution in [3.05, 3.63) is 116 Å². The Balaban J connectivity index is 1.80. The minimum absolute atomic E-state index is 0.0572. The van der Waals surface area contributed by atoms with Gasteiger partial charge in [0.05, 0.1) is 22.2 Å². The predicted octanol–water partition coefficient (Wildman–Crippen LogP) is 8.65. The molecule has 5 rings (SSSR count). The van der Waals surface area contributed by atoms with Gasteiger partial charge in [0.1, 0.15) is 17.3 Å². The second kappa shape index (κ2) is 11.8. The van der Waals surface area contributed by atoms with Crippen LogP contribution in [0.3, 0.4) is 0 Å². The number of halogens is 8. The van der Waals surface area contributed by atoms with Crippen molar-refractivity contribution in [1.82, 2.24) is 4.57 Å². The molecule has 44 heavy (non-hydrogen) atoms. The Morgan fingerprint density at radius 3 is 2.39 bits per heavy atom. The van der Waals surface area contributed by atoms with Crippen LogP contribution in [0.4, 0.5) is 30.7 Å². The largest absolute Gasteiger partial charge is 0.573 e. The Labute approximate surface area is 254 Å². The SMILES string of the molecule is Cc1c(Cc2c(F)cccc2C(F)(F)F)c2n(c(=O)c1-c1cc(OC(F)(F)F)ccc1Cl)C(C(=NO)c1ccccc1)CS2. The summed E-state index contributed by atoms with van der Waals surface area (Å²) in [7, 11) is 0. The van der Waals surface area contributed by atoms with Gasteiger partial charge in [0.2, 0.25) is 0 Å². The first-order chi connectivity index (χ1) is 20.7. The lowest BCUT2D eigenvalue weighted by atomic mass is 9.92. The highest BCUT2D eigenvalue weighted by molar-refractivity contribution is 7.99. The number of fused-ring (bicyclic) bond motifs is 1. The van der Waals surface area contributed by atoms with E-state index in [0.29, 0.717) is 5.56 Å². The van der Waals surface area contributed by atoms with Gasteiger partial charge in [-0.2, -0.15) is 13.2 Å². The lowest BCUT2D eigenvalue weighted by Crippen LogP contribution is -2.32. The zero-order chi connectivity index (χ0) is 32.0. The number of ether oxygens (including phenoxy) is 1. The number of thioether (sulfide) groups is 1. The number of aromatic nitrogens is 1. The van der Waals surface area contributed by atoms with Gasteiger partial charge < -0.3 is 9.94 Å². The number of oxime groups is 1. The van der Waals surface area contributed by atoms with Gasteiger partial charge in [0.25, 0.3) is 5.56 Å². The monoisotopic (exact) mass is 656 g/mol.